The predicted octanol–water partition coefficient (Wildman–Crippen LogP) is 1.66. The van der Waals surface area contributed by atoms with Crippen LogP contribution in [0.25, 0.3) is 0 Å². The smallest absolute Gasteiger partial charge is 0.227 e. The van der Waals surface area contributed by atoms with Gasteiger partial charge in [-0.05, 0) is 24.8 Å². The van der Waals surface area contributed by atoms with Gasteiger partial charge in [-0.25, -0.2) is 0 Å². The molecule has 1 aromatic rings. The average molecular weight is 275 g/mol. The van der Waals surface area contributed by atoms with Crippen molar-refractivity contribution >= 4 is 5.91 Å². The molecule has 2 rings (SSSR count). The Bertz CT molecular complexity index is 435. The zero-order chi connectivity index (χ0) is 14.5. The molecule has 1 amide bonds. The molecule has 4 N–H and O–H groups in total. The van der Waals surface area contributed by atoms with E-state index in [0.717, 1.165) is 31.4 Å². The predicted molar refractivity (Wildman–Crippen MR) is 80.9 cm³/mol. The first kappa shape index (κ1) is 15.0. The number of carbonyl (C=O) groups is 1. The molecule has 1 fully saturated rings. The second-order valence-corrected chi connectivity index (χ2v) is 5.64. The Balaban J connectivity index is 2.07. The third-order valence-electron chi connectivity index (χ3n) is 4.29. The molecule has 20 heavy (non-hydrogen) atoms. The van der Waals surface area contributed by atoms with E-state index in [0.29, 0.717) is 6.54 Å². The molecule has 0 aliphatic carbocycles. The normalized spacial score (nSPS) is 22.4. The fourth-order valence-electron chi connectivity index (χ4n) is 2.91. The molecule has 3 unspecified atom stereocenters. The van der Waals surface area contributed by atoms with Crippen molar-refractivity contribution in [2.24, 2.45) is 17.4 Å². The number of benzene rings is 1. The SMILES string of the molecule is CC(C(=O)N1CCCCC1CN)C(N)c1ccccc1. The maximum atomic E-state index is 12.7. The Morgan fingerprint density at radius 1 is 1.35 bits per heavy atom. The highest BCUT2D eigenvalue weighted by Crippen LogP contribution is 2.25. The van der Waals surface area contributed by atoms with Gasteiger partial charge in [0.15, 0.2) is 0 Å². The lowest BCUT2D eigenvalue weighted by Crippen LogP contribution is -2.50. The van der Waals surface area contributed by atoms with Crippen molar-refractivity contribution < 1.29 is 4.79 Å². The van der Waals surface area contributed by atoms with Gasteiger partial charge in [0.05, 0.1) is 5.92 Å². The number of nitrogens with zero attached hydrogens (tertiary/aromatic N) is 1. The Labute approximate surface area is 121 Å². The summed E-state index contributed by atoms with van der Waals surface area (Å²) in [4.78, 5) is 14.6. The van der Waals surface area contributed by atoms with Gasteiger partial charge in [0.2, 0.25) is 5.91 Å². The monoisotopic (exact) mass is 275 g/mol. The Morgan fingerprint density at radius 2 is 2.05 bits per heavy atom. The van der Waals surface area contributed by atoms with Crippen LogP contribution in [0.1, 0.15) is 37.8 Å². The van der Waals surface area contributed by atoms with E-state index in [1.54, 1.807) is 0 Å². The van der Waals surface area contributed by atoms with E-state index in [2.05, 4.69) is 0 Å². The third-order valence-corrected chi connectivity index (χ3v) is 4.29. The first-order valence-electron chi connectivity index (χ1n) is 7.46. The summed E-state index contributed by atoms with van der Waals surface area (Å²) in [6, 6.07) is 9.74. The molecule has 0 radical (unpaired) electrons. The van der Waals surface area contributed by atoms with Crippen LogP contribution in [0.4, 0.5) is 0 Å². The van der Waals surface area contributed by atoms with Crippen molar-refractivity contribution in [2.45, 2.75) is 38.3 Å². The number of amides is 1. The van der Waals surface area contributed by atoms with E-state index in [-0.39, 0.29) is 23.9 Å². The number of hydrogen-bond donors (Lipinski definition) is 2. The minimum absolute atomic E-state index is 0.136. The lowest BCUT2D eigenvalue weighted by Gasteiger charge is -2.37. The Hall–Kier alpha value is -1.39. The van der Waals surface area contributed by atoms with Gasteiger partial charge in [-0.3, -0.25) is 4.79 Å². The zero-order valence-corrected chi connectivity index (χ0v) is 12.2. The highest BCUT2D eigenvalue weighted by atomic mass is 16.2. The van der Waals surface area contributed by atoms with Crippen LogP contribution in [0.3, 0.4) is 0 Å². The average Bonchev–Trinajstić information content (AvgIpc) is 2.53. The van der Waals surface area contributed by atoms with Crippen molar-refractivity contribution in [3.8, 4) is 0 Å². The van der Waals surface area contributed by atoms with Crippen molar-refractivity contribution in [1.29, 1.82) is 0 Å². The van der Waals surface area contributed by atoms with Crippen LogP contribution < -0.4 is 11.5 Å². The topological polar surface area (TPSA) is 72.3 Å². The van der Waals surface area contributed by atoms with E-state index in [1.807, 2.05) is 42.2 Å². The minimum atomic E-state index is -0.260. The first-order valence-corrected chi connectivity index (χ1v) is 7.46. The number of likely N-dealkylation sites (tertiary alicyclic amines) is 1. The maximum Gasteiger partial charge on any atom is 0.227 e. The van der Waals surface area contributed by atoms with E-state index in [4.69, 9.17) is 11.5 Å². The quantitative estimate of drug-likeness (QED) is 0.878. The molecule has 0 saturated carbocycles. The molecule has 4 heteroatoms. The van der Waals surface area contributed by atoms with Crippen LogP contribution in [0.2, 0.25) is 0 Å². The fraction of sp³-hybridized carbons (Fsp3) is 0.562. The van der Waals surface area contributed by atoms with Gasteiger partial charge in [0.1, 0.15) is 0 Å². The van der Waals surface area contributed by atoms with Crippen LogP contribution in [0, 0.1) is 5.92 Å². The molecule has 0 bridgehead atoms. The Morgan fingerprint density at radius 3 is 2.70 bits per heavy atom. The summed E-state index contributed by atoms with van der Waals surface area (Å²) in [5.41, 5.74) is 13.1. The number of carbonyl (C=O) groups excluding carboxylic acids is 1. The number of rotatable bonds is 4. The van der Waals surface area contributed by atoms with Gasteiger partial charge in [-0.2, -0.15) is 0 Å². The number of nitrogens with two attached hydrogens (primary N) is 2. The van der Waals surface area contributed by atoms with Gasteiger partial charge in [0.25, 0.3) is 0 Å². The molecule has 4 nitrogen and oxygen atoms in total. The summed E-state index contributed by atoms with van der Waals surface area (Å²) < 4.78 is 0. The van der Waals surface area contributed by atoms with Gasteiger partial charge < -0.3 is 16.4 Å². The van der Waals surface area contributed by atoms with Crippen molar-refractivity contribution in [3.63, 3.8) is 0 Å². The summed E-state index contributed by atoms with van der Waals surface area (Å²) in [6.07, 6.45) is 3.23. The molecule has 110 valence electrons. The second kappa shape index (κ2) is 6.86. The largest absolute Gasteiger partial charge is 0.338 e. The number of piperidine rings is 1. The third kappa shape index (κ3) is 3.19. The molecule has 3 atom stereocenters. The molecule has 1 aliphatic heterocycles. The zero-order valence-electron chi connectivity index (χ0n) is 12.2. The minimum Gasteiger partial charge on any atom is -0.338 e. The van der Waals surface area contributed by atoms with Gasteiger partial charge in [-0.15, -0.1) is 0 Å². The van der Waals surface area contributed by atoms with E-state index in [9.17, 15) is 4.79 Å². The van der Waals surface area contributed by atoms with Crippen LogP contribution in [-0.4, -0.2) is 29.9 Å². The Kier molecular flexibility index (Phi) is 5.15. The van der Waals surface area contributed by atoms with Gasteiger partial charge in [-0.1, -0.05) is 37.3 Å². The summed E-state index contributed by atoms with van der Waals surface area (Å²) in [6.45, 7) is 3.27. The standard InChI is InChI=1S/C16H25N3O/c1-12(15(18)13-7-3-2-4-8-13)16(20)19-10-6-5-9-14(19)11-17/h2-4,7-8,12,14-15H,5-6,9-11,17-18H2,1H3. The molecule has 1 aliphatic rings. The van der Waals surface area contributed by atoms with Crippen LogP contribution >= 0.6 is 0 Å². The number of hydrogen-bond acceptors (Lipinski definition) is 3. The van der Waals surface area contributed by atoms with E-state index < -0.39 is 0 Å². The molecule has 0 aromatic heterocycles. The second-order valence-electron chi connectivity index (χ2n) is 5.64. The van der Waals surface area contributed by atoms with Crippen LogP contribution in [0.15, 0.2) is 30.3 Å². The molecule has 1 heterocycles. The molecule has 0 spiro atoms. The summed E-state index contributed by atoms with van der Waals surface area (Å²) in [5.74, 6) is -0.0824. The molecular weight excluding hydrogens is 250 g/mol. The first-order chi connectivity index (χ1) is 9.65. The van der Waals surface area contributed by atoms with Crippen LogP contribution in [0.5, 0.6) is 0 Å². The maximum absolute atomic E-state index is 12.7. The molecule has 1 saturated heterocycles. The summed E-state index contributed by atoms with van der Waals surface area (Å²) >= 11 is 0. The van der Waals surface area contributed by atoms with Crippen molar-refractivity contribution in [2.75, 3.05) is 13.1 Å². The van der Waals surface area contributed by atoms with E-state index >= 15 is 0 Å². The van der Waals surface area contributed by atoms with Gasteiger partial charge in [0, 0.05) is 25.2 Å². The summed E-state index contributed by atoms with van der Waals surface area (Å²) in [7, 11) is 0. The van der Waals surface area contributed by atoms with Crippen LogP contribution in [-0.2, 0) is 4.79 Å². The highest BCUT2D eigenvalue weighted by Gasteiger charge is 2.31. The summed E-state index contributed by atoms with van der Waals surface area (Å²) in [5, 5.41) is 0. The fourth-order valence-corrected chi connectivity index (χ4v) is 2.91. The van der Waals surface area contributed by atoms with Crippen molar-refractivity contribution in [1.82, 2.24) is 4.90 Å². The lowest BCUT2D eigenvalue weighted by molar-refractivity contribution is -0.139. The highest BCUT2D eigenvalue weighted by molar-refractivity contribution is 5.80. The van der Waals surface area contributed by atoms with Gasteiger partial charge >= 0.3 is 0 Å². The van der Waals surface area contributed by atoms with E-state index in [1.165, 1.54) is 0 Å². The molecular formula is C16H25N3O. The lowest BCUT2D eigenvalue weighted by atomic mass is 9.92. The van der Waals surface area contributed by atoms with Crippen molar-refractivity contribution in [3.05, 3.63) is 35.9 Å². The molecule has 1 aromatic carbocycles.